The number of halogens is 2. The standard InChI is InChI=1S/C13H8Cl2N4O/c14-7-3-1-4-8(15)9(7)10-11(19-20-12(10)16)13-17-5-2-6-18-13/h1-6H,16H2. The third-order valence-electron chi connectivity index (χ3n) is 2.71. The van der Waals surface area contributed by atoms with Crippen molar-refractivity contribution in [3.05, 3.63) is 46.7 Å². The summed E-state index contributed by atoms with van der Waals surface area (Å²) in [6, 6.07) is 6.88. The molecular formula is C13H8Cl2N4O. The van der Waals surface area contributed by atoms with Gasteiger partial charge in [-0.3, -0.25) is 0 Å². The van der Waals surface area contributed by atoms with E-state index >= 15 is 0 Å². The van der Waals surface area contributed by atoms with Gasteiger partial charge in [-0.2, -0.15) is 0 Å². The van der Waals surface area contributed by atoms with Crippen molar-refractivity contribution in [3.8, 4) is 22.6 Å². The summed E-state index contributed by atoms with van der Waals surface area (Å²) in [5.74, 6) is 0.501. The van der Waals surface area contributed by atoms with Crippen LogP contribution in [0.25, 0.3) is 22.6 Å². The zero-order valence-corrected chi connectivity index (χ0v) is 11.6. The third-order valence-corrected chi connectivity index (χ3v) is 3.34. The van der Waals surface area contributed by atoms with Crippen LogP contribution in [0.3, 0.4) is 0 Å². The maximum atomic E-state index is 6.20. The number of aromatic nitrogens is 3. The minimum atomic E-state index is 0.113. The minimum Gasteiger partial charge on any atom is -0.367 e. The Morgan fingerprint density at radius 2 is 1.60 bits per heavy atom. The lowest BCUT2D eigenvalue weighted by Crippen LogP contribution is -1.92. The SMILES string of the molecule is Nc1onc(-c2ncccn2)c1-c1c(Cl)cccc1Cl. The smallest absolute Gasteiger partial charge is 0.230 e. The Balaban J connectivity index is 2.28. The first kappa shape index (κ1) is 12.9. The maximum Gasteiger partial charge on any atom is 0.230 e. The average Bonchev–Trinajstić information content (AvgIpc) is 2.82. The van der Waals surface area contributed by atoms with Crippen LogP contribution < -0.4 is 5.73 Å². The minimum absolute atomic E-state index is 0.113. The average molecular weight is 307 g/mol. The van der Waals surface area contributed by atoms with Gasteiger partial charge in [0.1, 0.15) is 0 Å². The van der Waals surface area contributed by atoms with Crippen LogP contribution >= 0.6 is 23.2 Å². The molecule has 0 aliphatic heterocycles. The van der Waals surface area contributed by atoms with E-state index in [1.54, 1.807) is 36.7 Å². The number of anilines is 1. The van der Waals surface area contributed by atoms with Crippen LogP contribution in [-0.2, 0) is 0 Å². The summed E-state index contributed by atoms with van der Waals surface area (Å²) in [6.45, 7) is 0. The lowest BCUT2D eigenvalue weighted by atomic mass is 10.0. The second-order valence-electron chi connectivity index (χ2n) is 3.94. The maximum absolute atomic E-state index is 6.20. The van der Waals surface area contributed by atoms with E-state index in [-0.39, 0.29) is 5.88 Å². The number of hydrogen-bond acceptors (Lipinski definition) is 5. The van der Waals surface area contributed by atoms with Crippen molar-refractivity contribution in [1.82, 2.24) is 15.1 Å². The number of nitrogens with two attached hydrogens (primary N) is 1. The molecule has 0 bridgehead atoms. The molecule has 0 unspecified atom stereocenters. The Morgan fingerprint density at radius 1 is 0.950 bits per heavy atom. The van der Waals surface area contributed by atoms with E-state index in [1.165, 1.54) is 0 Å². The third kappa shape index (κ3) is 2.11. The molecular weight excluding hydrogens is 299 g/mol. The van der Waals surface area contributed by atoms with E-state index in [9.17, 15) is 0 Å². The van der Waals surface area contributed by atoms with Crippen LogP contribution in [-0.4, -0.2) is 15.1 Å². The lowest BCUT2D eigenvalue weighted by molar-refractivity contribution is 0.439. The summed E-state index contributed by atoms with van der Waals surface area (Å²) in [7, 11) is 0. The van der Waals surface area contributed by atoms with Gasteiger partial charge in [0, 0.05) is 18.0 Å². The Bertz CT molecular complexity index is 738. The molecule has 0 amide bonds. The van der Waals surface area contributed by atoms with E-state index < -0.39 is 0 Å². The van der Waals surface area contributed by atoms with E-state index in [0.29, 0.717) is 32.7 Å². The normalized spacial score (nSPS) is 10.7. The Kier molecular flexibility index (Phi) is 3.30. The Morgan fingerprint density at radius 3 is 2.25 bits per heavy atom. The summed E-state index contributed by atoms with van der Waals surface area (Å²) in [4.78, 5) is 8.26. The molecule has 0 saturated heterocycles. The first-order chi connectivity index (χ1) is 9.68. The molecule has 0 aliphatic rings. The fourth-order valence-corrected chi connectivity index (χ4v) is 2.44. The van der Waals surface area contributed by atoms with Gasteiger partial charge in [-0.25, -0.2) is 9.97 Å². The van der Waals surface area contributed by atoms with Gasteiger partial charge in [0.25, 0.3) is 0 Å². The predicted molar refractivity (Wildman–Crippen MR) is 77.4 cm³/mol. The van der Waals surface area contributed by atoms with Crippen LogP contribution in [0.2, 0.25) is 10.0 Å². The van der Waals surface area contributed by atoms with E-state index in [0.717, 1.165) is 0 Å². The zero-order valence-electron chi connectivity index (χ0n) is 10.0. The molecule has 0 atom stereocenters. The largest absolute Gasteiger partial charge is 0.367 e. The van der Waals surface area contributed by atoms with Gasteiger partial charge in [-0.1, -0.05) is 34.4 Å². The van der Waals surface area contributed by atoms with Crippen molar-refractivity contribution in [2.45, 2.75) is 0 Å². The van der Waals surface area contributed by atoms with Crippen LogP contribution in [0, 0.1) is 0 Å². The van der Waals surface area contributed by atoms with Gasteiger partial charge in [-0.05, 0) is 18.2 Å². The highest BCUT2D eigenvalue weighted by Crippen LogP contribution is 2.42. The molecule has 7 heteroatoms. The van der Waals surface area contributed by atoms with Crippen LogP contribution in [0.5, 0.6) is 0 Å². The predicted octanol–water partition coefficient (Wildman–Crippen LogP) is 3.69. The molecule has 1 aromatic carbocycles. The molecule has 2 N–H and O–H groups in total. The highest BCUT2D eigenvalue weighted by atomic mass is 35.5. The number of hydrogen-bond donors (Lipinski definition) is 1. The molecule has 3 rings (SSSR count). The summed E-state index contributed by atoms with van der Waals surface area (Å²) in [5.41, 5.74) is 7.29. The van der Waals surface area contributed by atoms with E-state index in [4.69, 9.17) is 33.5 Å². The van der Waals surface area contributed by atoms with Crippen molar-refractivity contribution >= 4 is 29.1 Å². The highest BCUT2D eigenvalue weighted by molar-refractivity contribution is 6.39. The van der Waals surface area contributed by atoms with Crippen LogP contribution in [0.15, 0.2) is 41.2 Å². The number of benzene rings is 1. The lowest BCUT2D eigenvalue weighted by Gasteiger charge is -2.06. The first-order valence-electron chi connectivity index (χ1n) is 5.65. The van der Waals surface area contributed by atoms with Crippen molar-refractivity contribution in [3.63, 3.8) is 0 Å². The fourth-order valence-electron chi connectivity index (χ4n) is 1.86. The van der Waals surface area contributed by atoms with Crippen molar-refractivity contribution in [2.75, 3.05) is 5.73 Å². The van der Waals surface area contributed by atoms with Gasteiger partial charge in [-0.15, -0.1) is 0 Å². The zero-order chi connectivity index (χ0) is 14.1. The Labute approximate surface area is 124 Å². The van der Waals surface area contributed by atoms with E-state index in [1.807, 2.05) is 0 Å². The topological polar surface area (TPSA) is 77.8 Å². The molecule has 2 aromatic heterocycles. The highest BCUT2D eigenvalue weighted by Gasteiger charge is 2.23. The van der Waals surface area contributed by atoms with Crippen LogP contribution in [0.1, 0.15) is 0 Å². The summed E-state index contributed by atoms with van der Waals surface area (Å²) in [5, 5.41) is 4.80. The number of nitrogen functional groups attached to an aromatic ring is 1. The fraction of sp³-hybridized carbons (Fsp3) is 0. The monoisotopic (exact) mass is 306 g/mol. The van der Waals surface area contributed by atoms with Crippen molar-refractivity contribution < 1.29 is 4.52 Å². The van der Waals surface area contributed by atoms with Crippen molar-refractivity contribution in [1.29, 1.82) is 0 Å². The number of nitrogens with zero attached hydrogens (tertiary/aromatic N) is 3. The van der Waals surface area contributed by atoms with E-state index in [2.05, 4.69) is 15.1 Å². The van der Waals surface area contributed by atoms with Crippen molar-refractivity contribution in [2.24, 2.45) is 0 Å². The Hall–Kier alpha value is -2.11. The molecule has 0 fully saturated rings. The van der Waals surface area contributed by atoms with Gasteiger partial charge in [0.2, 0.25) is 5.88 Å². The molecule has 0 saturated carbocycles. The van der Waals surface area contributed by atoms with Gasteiger partial charge in [0.15, 0.2) is 11.5 Å². The molecule has 3 aromatic rings. The molecule has 100 valence electrons. The quantitative estimate of drug-likeness (QED) is 0.781. The first-order valence-corrected chi connectivity index (χ1v) is 6.41. The summed E-state index contributed by atoms with van der Waals surface area (Å²) >= 11 is 12.4. The van der Waals surface area contributed by atoms with Gasteiger partial charge < -0.3 is 10.3 Å². The molecule has 0 spiro atoms. The molecule has 20 heavy (non-hydrogen) atoms. The number of rotatable bonds is 2. The van der Waals surface area contributed by atoms with Gasteiger partial charge >= 0.3 is 0 Å². The van der Waals surface area contributed by atoms with Gasteiger partial charge in [0.05, 0.1) is 15.6 Å². The molecule has 5 nitrogen and oxygen atoms in total. The van der Waals surface area contributed by atoms with Crippen LogP contribution in [0.4, 0.5) is 5.88 Å². The molecule has 0 aliphatic carbocycles. The molecule has 2 heterocycles. The summed E-state index contributed by atoms with van der Waals surface area (Å²) < 4.78 is 5.04. The summed E-state index contributed by atoms with van der Waals surface area (Å²) in [6.07, 6.45) is 3.20. The second-order valence-corrected chi connectivity index (χ2v) is 4.75. The molecule has 0 radical (unpaired) electrons. The second kappa shape index (κ2) is 5.11.